The lowest BCUT2D eigenvalue weighted by Crippen LogP contribution is -2.03. The third-order valence-electron chi connectivity index (χ3n) is 4.56. The van der Waals surface area contributed by atoms with Crippen molar-refractivity contribution < 1.29 is 9.21 Å². The Balaban J connectivity index is 2.18. The van der Waals surface area contributed by atoms with Crippen molar-refractivity contribution in [1.82, 2.24) is 0 Å². The van der Waals surface area contributed by atoms with Gasteiger partial charge in [0.2, 0.25) is 0 Å². The highest BCUT2D eigenvalue weighted by atomic mass is 16.3. The third-order valence-corrected chi connectivity index (χ3v) is 4.56. The number of nitrogens with two attached hydrogens (primary N) is 1. The minimum Gasteiger partial charge on any atom is -0.456 e. The summed E-state index contributed by atoms with van der Waals surface area (Å²) in [6, 6.07) is 18.4. The molecule has 0 bridgehead atoms. The van der Waals surface area contributed by atoms with Crippen LogP contribution in [0.3, 0.4) is 0 Å². The predicted octanol–water partition coefficient (Wildman–Crippen LogP) is 4.86. The van der Waals surface area contributed by atoms with Crippen LogP contribution in [0.25, 0.3) is 33.4 Å². The quantitative estimate of drug-likeness (QED) is 0.317. The number of nitrogens with one attached hydrogen (secondary N) is 1. The lowest BCUT2D eigenvalue weighted by atomic mass is 9.89. The number of rotatable bonds is 3. The lowest BCUT2D eigenvalue weighted by molar-refractivity contribution is 0.0989. The smallest absolute Gasteiger partial charge is 0.163 e. The summed E-state index contributed by atoms with van der Waals surface area (Å²) in [5.41, 5.74) is 10.5. The minimum atomic E-state index is 0.0928. The van der Waals surface area contributed by atoms with E-state index in [-0.39, 0.29) is 5.78 Å². The van der Waals surface area contributed by atoms with E-state index in [0.717, 1.165) is 22.1 Å². The SMILES string of the molecule is CCC(=O)c1ccccc1-c1c2ccc(=N)cc-2oc2cc(N)ccc12. The van der Waals surface area contributed by atoms with Gasteiger partial charge in [-0.1, -0.05) is 31.2 Å². The number of carbonyl (C=O) groups is 1. The van der Waals surface area contributed by atoms with E-state index >= 15 is 0 Å². The lowest BCUT2D eigenvalue weighted by Gasteiger charge is -2.17. The summed E-state index contributed by atoms with van der Waals surface area (Å²) in [4.78, 5) is 12.5. The fraction of sp³-hybridized carbons (Fsp3) is 0.0909. The van der Waals surface area contributed by atoms with Gasteiger partial charge in [-0.25, -0.2) is 0 Å². The molecule has 0 radical (unpaired) electrons. The van der Waals surface area contributed by atoms with Gasteiger partial charge in [0.25, 0.3) is 0 Å². The number of carbonyl (C=O) groups excluding carboxylic acids is 1. The molecule has 0 unspecified atom stereocenters. The fourth-order valence-electron chi connectivity index (χ4n) is 3.33. The maximum atomic E-state index is 12.5. The van der Waals surface area contributed by atoms with E-state index in [9.17, 15) is 4.79 Å². The summed E-state index contributed by atoms with van der Waals surface area (Å²) in [7, 11) is 0. The molecule has 4 rings (SSSR count). The van der Waals surface area contributed by atoms with Crippen molar-refractivity contribution in [3.63, 3.8) is 0 Å². The molecule has 0 spiro atoms. The number of hydrogen-bond acceptors (Lipinski definition) is 4. The molecule has 3 N–H and O–H groups in total. The molecule has 0 aromatic heterocycles. The summed E-state index contributed by atoms with van der Waals surface area (Å²) in [5.74, 6) is 0.694. The van der Waals surface area contributed by atoms with Gasteiger partial charge in [0.05, 0.1) is 5.36 Å². The van der Waals surface area contributed by atoms with Crippen molar-refractivity contribution >= 4 is 22.4 Å². The van der Waals surface area contributed by atoms with Gasteiger partial charge in [0.1, 0.15) is 11.3 Å². The Morgan fingerprint density at radius 1 is 1.04 bits per heavy atom. The van der Waals surface area contributed by atoms with Gasteiger partial charge in [-0.2, -0.15) is 0 Å². The molecule has 1 aliphatic heterocycles. The van der Waals surface area contributed by atoms with Crippen molar-refractivity contribution in [2.75, 3.05) is 5.73 Å². The van der Waals surface area contributed by atoms with Crippen LogP contribution in [0.1, 0.15) is 23.7 Å². The summed E-state index contributed by atoms with van der Waals surface area (Å²) < 4.78 is 6.01. The Hall–Kier alpha value is -3.40. The highest BCUT2D eigenvalue weighted by molar-refractivity contribution is 6.09. The summed E-state index contributed by atoms with van der Waals surface area (Å²) in [5, 5.41) is 9.16. The molecule has 4 nitrogen and oxygen atoms in total. The molecule has 2 aliphatic rings. The first-order valence-corrected chi connectivity index (χ1v) is 8.52. The topological polar surface area (TPSA) is 80.1 Å². The van der Waals surface area contributed by atoms with Crippen LogP contribution in [-0.2, 0) is 0 Å². The van der Waals surface area contributed by atoms with Crippen LogP contribution in [0.15, 0.2) is 65.1 Å². The Morgan fingerprint density at radius 3 is 2.65 bits per heavy atom. The van der Waals surface area contributed by atoms with Crippen molar-refractivity contribution in [3.8, 4) is 22.5 Å². The van der Waals surface area contributed by atoms with Crippen LogP contribution in [0.4, 0.5) is 5.69 Å². The second kappa shape index (κ2) is 6.15. The van der Waals surface area contributed by atoms with Crippen LogP contribution in [0.2, 0.25) is 0 Å². The molecular formula is C22H18N2O2. The van der Waals surface area contributed by atoms with Gasteiger partial charge < -0.3 is 15.6 Å². The molecule has 0 saturated carbocycles. The van der Waals surface area contributed by atoms with Gasteiger partial charge >= 0.3 is 0 Å². The maximum Gasteiger partial charge on any atom is 0.163 e. The number of fused-ring (bicyclic) bond motifs is 2. The van der Waals surface area contributed by atoms with E-state index in [1.165, 1.54) is 0 Å². The van der Waals surface area contributed by atoms with E-state index in [4.69, 9.17) is 15.6 Å². The molecule has 26 heavy (non-hydrogen) atoms. The van der Waals surface area contributed by atoms with Crippen molar-refractivity contribution in [2.24, 2.45) is 0 Å². The summed E-state index contributed by atoms with van der Waals surface area (Å²) >= 11 is 0. The Kier molecular flexibility index (Phi) is 3.81. The van der Waals surface area contributed by atoms with Gasteiger partial charge in [0, 0.05) is 46.3 Å². The zero-order valence-electron chi connectivity index (χ0n) is 14.4. The van der Waals surface area contributed by atoms with Crippen LogP contribution >= 0.6 is 0 Å². The fourth-order valence-corrected chi connectivity index (χ4v) is 3.33. The zero-order chi connectivity index (χ0) is 18.3. The van der Waals surface area contributed by atoms with Crippen molar-refractivity contribution in [3.05, 3.63) is 71.6 Å². The van der Waals surface area contributed by atoms with Crippen LogP contribution < -0.4 is 11.1 Å². The molecular weight excluding hydrogens is 324 g/mol. The number of anilines is 1. The van der Waals surface area contributed by atoms with Crippen molar-refractivity contribution in [1.29, 1.82) is 5.41 Å². The van der Waals surface area contributed by atoms with E-state index in [0.29, 0.717) is 34.4 Å². The molecule has 2 aromatic rings. The zero-order valence-corrected chi connectivity index (χ0v) is 14.4. The largest absolute Gasteiger partial charge is 0.456 e. The molecule has 1 aliphatic carbocycles. The molecule has 1 heterocycles. The van der Waals surface area contributed by atoms with Gasteiger partial charge in [-0.05, 0) is 29.8 Å². The van der Waals surface area contributed by atoms with Gasteiger partial charge in [-0.15, -0.1) is 0 Å². The highest BCUT2D eigenvalue weighted by Crippen LogP contribution is 2.41. The molecule has 2 aromatic carbocycles. The van der Waals surface area contributed by atoms with E-state index in [1.54, 1.807) is 18.2 Å². The number of ketones is 1. The van der Waals surface area contributed by atoms with Crippen LogP contribution in [0, 0.1) is 5.41 Å². The van der Waals surface area contributed by atoms with Crippen molar-refractivity contribution in [2.45, 2.75) is 13.3 Å². The van der Waals surface area contributed by atoms with E-state index in [1.807, 2.05) is 49.4 Å². The standard InChI is InChI=1S/C22H18N2O2/c1-2-19(25)15-5-3-4-6-16(15)22-17-9-7-13(23)11-20(17)26-21-12-14(24)8-10-18(21)22/h3-12,23H,2,24H2,1H3. The molecule has 0 atom stereocenters. The number of hydrogen-bond donors (Lipinski definition) is 2. The average molecular weight is 342 g/mol. The second-order valence-corrected chi connectivity index (χ2v) is 6.27. The molecule has 0 amide bonds. The Labute approximate surface area is 150 Å². The molecule has 0 fully saturated rings. The highest BCUT2D eigenvalue weighted by Gasteiger charge is 2.20. The summed E-state index contributed by atoms with van der Waals surface area (Å²) in [6.07, 6.45) is 0.438. The Morgan fingerprint density at radius 2 is 1.85 bits per heavy atom. The first-order valence-electron chi connectivity index (χ1n) is 8.52. The average Bonchev–Trinajstić information content (AvgIpc) is 2.65. The minimum absolute atomic E-state index is 0.0928. The second-order valence-electron chi connectivity index (χ2n) is 6.27. The van der Waals surface area contributed by atoms with Crippen LogP contribution in [-0.4, -0.2) is 5.78 Å². The van der Waals surface area contributed by atoms with Gasteiger partial charge in [-0.3, -0.25) is 4.79 Å². The monoisotopic (exact) mass is 342 g/mol. The molecule has 0 saturated heterocycles. The molecule has 4 heteroatoms. The number of benzene rings is 3. The summed E-state index contributed by atoms with van der Waals surface area (Å²) in [6.45, 7) is 1.86. The normalized spacial score (nSPS) is 11.1. The van der Waals surface area contributed by atoms with Crippen LogP contribution in [0.5, 0.6) is 0 Å². The van der Waals surface area contributed by atoms with E-state index < -0.39 is 0 Å². The predicted molar refractivity (Wildman–Crippen MR) is 103 cm³/mol. The first-order chi connectivity index (χ1) is 12.6. The molecule has 128 valence electrons. The first kappa shape index (κ1) is 16.1. The van der Waals surface area contributed by atoms with E-state index in [2.05, 4.69) is 0 Å². The maximum absolute atomic E-state index is 12.5. The van der Waals surface area contributed by atoms with Gasteiger partial charge in [0.15, 0.2) is 5.78 Å². The third kappa shape index (κ3) is 2.56. The number of Topliss-reactive ketones (excluding diaryl/α,β-unsaturated/α-hetero) is 1. The number of nitrogen functional groups attached to an aromatic ring is 1. The Bertz CT molecular complexity index is 1170.